The zero-order chi connectivity index (χ0) is 24.9. The number of piperidine rings is 1. The van der Waals surface area contributed by atoms with E-state index in [1.54, 1.807) is 42.5 Å². The number of rotatable bonds is 8. The van der Waals surface area contributed by atoms with E-state index in [4.69, 9.17) is 4.74 Å². The van der Waals surface area contributed by atoms with Crippen molar-refractivity contribution in [3.8, 4) is 5.75 Å². The fraction of sp³-hybridized carbons (Fsp3) is 0.269. The number of benzene rings is 3. The van der Waals surface area contributed by atoms with E-state index in [1.807, 2.05) is 30.3 Å². The molecule has 1 saturated heterocycles. The van der Waals surface area contributed by atoms with E-state index in [9.17, 15) is 13.2 Å². The number of methoxy groups -OCH3 is 1. The smallest absolute Gasteiger partial charge is 0.283 e. The molecule has 0 bridgehead atoms. The fourth-order valence-corrected chi connectivity index (χ4v) is 6.46. The van der Waals surface area contributed by atoms with Crippen LogP contribution in [0.3, 0.4) is 0 Å². The van der Waals surface area contributed by atoms with Gasteiger partial charge in [0, 0.05) is 5.41 Å². The predicted molar refractivity (Wildman–Crippen MR) is 133 cm³/mol. The van der Waals surface area contributed by atoms with E-state index < -0.39 is 26.7 Å². The third kappa shape index (κ3) is 4.87. The second kappa shape index (κ2) is 10.5. The van der Waals surface area contributed by atoms with Crippen LogP contribution in [0, 0.1) is 0 Å². The summed E-state index contributed by atoms with van der Waals surface area (Å²) in [4.78, 5) is 13.4. The third-order valence-corrected chi connectivity index (χ3v) is 8.26. The molecule has 0 aliphatic carbocycles. The first-order valence-corrected chi connectivity index (χ1v) is 12.9. The van der Waals surface area contributed by atoms with Crippen molar-refractivity contribution in [3.05, 3.63) is 96.1 Å². The second-order valence-corrected chi connectivity index (χ2v) is 10.2. The highest BCUT2D eigenvalue weighted by atomic mass is 32.2. The molecular formula is C26H28FN3O4S. The quantitative estimate of drug-likeness (QED) is 0.463. The zero-order valence-electron chi connectivity index (χ0n) is 19.4. The normalized spacial score (nSPS) is 16.2. The first kappa shape index (κ1) is 24.7. The number of carbonyl (C=O) groups is 1. The molecule has 0 saturated carbocycles. The van der Waals surface area contributed by atoms with Gasteiger partial charge in [-0.25, -0.2) is 8.42 Å². The van der Waals surface area contributed by atoms with Crippen LogP contribution < -0.4 is 19.9 Å². The Kier molecular flexibility index (Phi) is 7.37. The van der Waals surface area contributed by atoms with Crippen molar-refractivity contribution in [1.82, 2.24) is 10.6 Å². The van der Waals surface area contributed by atoms with Crippen LogP contribution in [0.2, 0.25) is 0 Å². The van der Waals surface area contributed by atoms with Crippen LogP contribution in [-0.2, 0) is 15.4 Å². The largest absolute Gasteiger partial charge is 0.496 e. The lowest BCUT2D eigenvalue weighted by Gasteiger charge is -2.44. The van der Waals surface area contributed by atoms with E-state index in [1.165, 1.54) is 19.2 Å². The number of para-hydroxylation sites is 2. The van der Waals surface area contributed by atoms with E-state index in [0.717, 1.165) is 5.56 Å². The van der Waals surface area contributed by atoms with Gasteiger partial charge in [0.05, 0.1) is 18.4 Å². The highest BCUT2D eigenvalue weighted by Gasteiger charge is 2.51. The Hall–Kier alpha value is -3.43. The molecule has 1 unspecified atom stereocenters. The van der Waals surface area contributed by atoms with Crippen LogP contribution >= 0.6 is 0 Å². The Morgan fingerprint density at radius 2 is 1.54 bits per heavy atom. The minimum Gasteiger partial charge on any atom is -0.496 e. The van der Waals surface area contributed by atoms with E-state index in [2.05, 4.69) is 10.6 Å². The van der Waals surface area contributed by atoms with Gasteiger partial charge in [-0.05, 0) is 55.8 Å². The number of hydrogen-bond donors (Lipinski definition) is 2. The van der Waals surface area contributed by atoms with Gasteiger partial charge in [0.25, 0.3) is 15.9 Å². The van der Waals surface area contributed by atoms with Crippen molar-refractivity contribution in [2.24, 2.45) is 0 Å². The topological polar surface area (TPSA) is 87.7 Å². The van der Waals surface area contributed by atoms with Gasteiger partial charge in [-0.2, -0.15) is 0 Å². The van der Waals surface area contributed by atoms with Crippen molar-refractivity contribution >= 4 is 21.6 Å². The first-order valence-electron chi connectivity index (χ1n) is 11.4. The summed E-state index contributed by atoms with van der Waals surface area (Å²) in [6.07, 6.45) is 0.769. The van der Waals surface area contributed by atoms with Crippen LogP contribution in [0.15, 0.2) is 84.9 Å². The molecule has 0 aromatic heterocycles. The molecule has 3 aromatic rings. The van der Waals surface area contributed by atoms with Crippen molar-refractivity contribution in [2.75, 3.05) is 24.7 Å². The molecule has 35 heavy (non-hydrogen) atoms. The van der Waals surface area contributed by atoms with Gasteiger partial charge < -0.3 is 15.4 Å². The van der Waals surface area contributed by atoms with E-state index in [-0.39, 0.29) is 15.8 Å². The highest BCUT2D eigenvalue weighted by molar-refractivity contribution is 7.93. The first-order chi connectivity index (χ1) is 16.9. The molecule has 0 radical (unpaired) electrons. The fourth-order valence-electron chi connectivity index (χ4n) is 4.66. The Morgan fingerprint density at radius 1 is 0.971 bits per heavy atom. The van der Waals surface area contributed by atoms with Crippen molar-refractivity contribution in [3.63, 3.8) is 0 Å². The molecular weight excluding hydrogens is 469 g/mol. The summed E-state index contributed by atoms with van der Waals surface area (Å²) in [5.74, 6) is -0.369. The standard InChI is InChI=1S/C26H28FN3O4S/c1-34-23-15-9-8-14-22(23)24(31)29-25(35(32,33)30(27)21-12-6-3-7-13-21)26(16-18-28-19-17-26)20-10-4-2-5-11-20/h2-15,25,28H,16-19H2,1H3,(H,29,31). The van der Waals surface area contributed by atoms with Crippen LogP contribution in [0.1, 0.15) is 28.8 Å². The maximum Gasteiger partial charge on any atom is 0.283 e. The number of halogens is 1. The number of ether oxygens (including phenoxy) is 1. The van der Waals surface area contributed by atoms with Crippen LogP contribution in [0.25, 0.3) is 0 Å². The Bertz CT molecular complexity index is 1250. The van der Waals surface area contributed by atoms with Crippen LogP contribution in [0.5, 0.6) is 5.75 Å². The van der Waals surface area contributed by atoms with Gasteiger partial charge in [-0.15, -0.1) is 4.53 Å². The molecule has 4 rings (SSSR count). The van der Waals surface area contributed by atoms with Crippen molar-refractivity contribution in [1.29, 1.82) is 0 Å². The van der Waals surface area contributed by atoms with Gasteiger partial charge in [0.2, 0.25) is 0 Å². The summed E-state index contributed by atoms with van der Waals surface area (Å²) >= 11 is 0. The lowest BCUT2D eigenvalue weighted by atomic mass is 9.72. The number of amides is 1. The predicted octanol–water partition coefficient (Wildman–Crippen LogP) is 3.79. The van der Waals surface area contributed by atoms with Gasteiger partial charge in [0.1, 0.15) is 5.75 Å². The molecule has 9 heteroatoms. The number of hydrogen-bond acceptors (Lipinski definition) is 5. The highest BCUT2D eigenvalue weighted by Crippen LogP contribution is 2.41. The molecule has 1 aliphatic rings. The maximum atomic E-state index is 15.7. The van der Waals surface area contributed by atoms with Crippen molar-refractivity contribution in [2.45, 2.75) is 23.6 Å². The summed E-state index contributed by atoms with van der Waals surface area (Å²) < 4.78 is 48.6. The van der Waals surface area contributed by atoms with Gasteiger partial charge in [-0.1, -0.05) is 65.1 Å². The number of nitrogens with one attached hydrogen (secondary N) is 2. The van der Waals surface area contributed by atoms with Crippen molar-refractivity contribution < 1.29 is 22.4 Å². The van der Waals surface area contributed by atoms with Gasteiger partial charge in [-0.3, -0.25) is 4.79 Å². The molecule has 1 atom stereocenters. The third-order valence-electron chi connectivity index (χ3n) is 6.44. The zero-order valence-corrected chi connectivity index (χ0v) is 20.2. The SMILES string of the molecule is COc1ccccc1C(=O)NC(C1(c2ccccc2)CCNCC1)S(=O)(=O)N(F)c1ccccc1. The lowest BCUT2D eigenvalue weighted by Crippen LogP contribution is -2.60. The summed E-state index contributed by atoms with van der Waals surface area (Å²) in [5.41, 5.74) is -0.321. The molecule has 1 amide bonds. The lowest BCUT2D eigenvalue weighted by molar-refractivity contribution is 0.0922. The molecule has 1 aliphatic heterocycles. The van der Waals surface area contributed by atoms with Crippen LogP contribution in [0.4, 0.5) is 10.2 Å². The minimum absolute atomic E-state index is 0.138. The molecule has 0 spiro atoms. The number of anilines is 1. The molecule has 1 heterocycles. The summed E-state index contributed by atoms with van der Waals surface area (Å²) in [7, 11) is -3.29. The monoisotopic (exact) mass is 497 g/mol. The maximum absolute atomic E-state index is 15.7. The van der Waals surface area contributed by atoms with Gasteiger partial charge >= 0.3 is 0 Å². The Labute approximate surface area is 204 Å². The number of sulfonamides is 1. The minimum atomic E-state index is -4.72. The summed E-state index contributed by atoms with van der Waals surface area (Å²) in [5, 5.41) is 4.36. The molecule has 1 fully saturated rings. The van der Waals surface area contributed by atoms with E-state index in [0.29, 0.717) is 31.7 Å². The summed E-state index contributed by atoms with van der Waals surface area (Å²) in [6, 6.07) is 23.2. The second-order valence-electron chi connectivity index (χ2n) is 8.42. The summed E-state index contributed by atoms with van der Waals surface area (Å²) in [6.45, 7) is 1.03. The molecule has 7 nitrogen and oxygen atoms in total. The van der Waals surface area contributed by atoms with E-state index >= 15 is 4.48 Å². The van der Waals surface area contributed by atoms with Gasteiger partial charge in [0.15, 0.2) is 5.37 Å². The molecule has 184 valence electrons. The van der Waals surface area contributed by atoms with Crippen LogP contribution in [-0.4, -0.2) is 39.9 Å². The number of carbonyl (C=O) groups excluding carboxylic acids is 1. The average molecular weight is 498 g/mol. The Balaban J connectivity index is 1.85. The number of nitrogens with zero attached hydrogens (tertiary/aromatic N) is 1. The molecule has 2 N–H and O–H groups in total. The Morgan fingerprint density at radius 3 is 2.17 bits per heavy atom. The molecule has 3 aromatic carbocycles. The average Bonchev–Trinajstić information content (AvgIpc) is 2.92.